The Bertz CT molecular complexity index is 709. The predicted octanol–water partition coefficient (Wildman–Crippen LogP) is 1.90. The second-order valence-electron chi connectivity index (χ2n) is 5.20. The van der Waals surface area contributed by atoms with Crippen molar-refractivity contribution in [2.75, 3.05) is 35.8 Å². The number of hydrogen-bond donors (Lipinski definition) is 2. The number of sulfonamides is 1. The highest BCUT2D eigenvalue weighted by Gasteiger charge is 2.14. The van der Waals surface area contributed by atoms with Gasteiger partial charge in [0.15, 0.2) is 0 Å². The second kappa shape index (κ2) is 6.37. The SMILES string of the molecule is O=S(=O)(Nc1ccc(N2CCNCC2)cc1)c1ccccc1. The van der Waals surface area contributed by atoms with Crippen LogP contribution in [0.5, 0.6) is 0 Å². The van der Waals surface area contributed by atoms with Crippen LogP contribution in [0.15, 0.2) is 59.5 Å². The molecule has 3 rings (SSSR count). The summed E-state index contributed by atoms with van der Waals surface area (Å²) in [5.41, 5.74) is 1.69. The van der Waals surface area contributed by atoms with Crippen molar-refractivity contribution in [3.8, 4) is 0 Å². The zero-order valence-electron chi connectivity index (χ0n) is 12.2. The molecule has 0 unspecified atom stereocenters. The predicted molar refractivity (Wildman–Crippen MR) is 88.8 cm³/mol. The molecule has 1 saturated heterocycles. The fraction of sp³-hybridized carbons (Fsp3) is 0.250. The summed E-state index contributed by atoms with van der Waals surface area (Å²) >= 11 is 0. The summed E-state index contributed by atoms with van der Waals surface area (Å²) < 4.78 is 27.1. The van der Waals surface area contributed by atoms with Crippen LogP contribution < -0.4 is 14.9 Å². The molecule has 2 aromatic rings. The van der Waals surface area contributed by atoms with Gasteiger partial charge in [-0.05, 0) is 36.4 Å². The Labute approximate surface area is 131 Å². The Morgan fingerprint density at radius 2 is 1.55 bits per heavy atom. The molecular weight excluding hydrogens is 298 g/mol. The van der Waals surface area contributed by atoms with E-state index < -0.39 is 10.0 Å². The summed E-state index contributed by atoms with van der Waals surface area (Å²) in [4.78, 5) is 2.55. The highest BCUT2D eigenvalue weighted by Crippen LogP contribution is 2.20. The number of piperazine rings is 1. The van der Waals surface area contributed by atoms with Gasteiger partial charge in [-0.3, -0.25) is 4.72 Å². The van der Waals surface area contributed by atoms with Gasteiger partial charge >= 0.3 is 0 Å². The smallest absolute Gasteiger partial charge is 0.261 e. The van der Waals surface area contributed by atoms with Crippen LogP contribution in [0, 0.1) is 0 Å². The molecule has 22 heavy (non-hydrogen) atoms. The molecule has 0 bridgehead atoms. The quantitative estimate of drug-likeness (QED) is 0.904. The van der Waals surface area contributed by atoms with Gasteiger partial charge < -0.3 is 10.2 Å². The first-order valence-corrected chi connectivity index (χ1v) is 8.77. The van der Waals surface area contributed by atoms with Gasteiger partial charge in [-0.15, -0.1) is 0 Å². The van der Waals surface area contributed by atoms with Crippen molar-refractivity contribution < 1.29 is 8.42 Å². The molecule has 0 amide bonds. The van der Waals surface area contributed by atoms with Gasteiger partial charge in [-0.2, -0.15) is 0 Å². The normalized spacial score (nSPS) is 15.5. The molecule has 2 aromatic carbocycles. The lowest BCUT2D eigenvalue weighted by molar-refractivity contribution is 0.589. The van der Waals surface area contributed by atoms with Gasteiger partial charge in [-0.1, -0.05) is 18.2 Å². The maximum atomic E-state index is 12.3. The Hall–Kier alpha value is -2.05. The first kappa shape index (κ1) is 14.9. The molecule has 0 saturated carbocycles. The fourth-order valence-corrected chi connectivity index (χ4v) is 3.56. The zero-order valence-corrected chi connectivity index (χ0v) is 13.0. The zero-order chi connectivity index (χ0) is 15.4. The van der Waals surface area contributed by atoms with Gasteiger partial charge in [0.05, 0.1) is 4.90 Å². The van der Waals surface area contributed by atoms with E-state index in [-0.39, 0.29) is 4.90 Å². The largest absolute Gasteiger partial charge is 0.369 e. The molecule has 0 radical (unpaired) electrons. The first-order chi connectivity index (χ1) is 10.6. The number of anilines is 2. The molecule has 0 atom stereocenters. The minimum absolute atomic E-state index is 0.265. The molecule has 116 valence electrons. The minimum Gasteiger partial charge on any atom is -0.369 e. The van der Waals surface area contributed by atoms with E-state index in [9.17, 15) is 8.42 Å². The van der Waals surface area contributed by atoms with Crippen molar-refractivity contribution in [3.63, 3.8) is 0 Å². The van der Waals surface area contributed by atoms with E-state index in [1.54, 1.807) is 42.5 Å². The molecule has 0 spiro atoms. The summed E-state index contributed by atoms with van der Waals surface area (Å²) in [6.45, 7) is 3.88. The van der Waals surface area contributed by atoms with Crippen molar-refractivity contribution in [1.29, 1.82) is 0 Å². The van der Waals surface area contributed by atoms with Gasteiger partial charge in [0.1, 0.15) is 0 Å². The van der Waals surface area contributed by atoms with Crippen LogP contribution in [0.25, 0.3) is 0 Å². The molecule has 5 nitrogen and oxygen atoms in total. The highest BCUT2D eigenvalue weighted by atomic mass is 32.2. The van der Waals surface area contributed by atoms with Crippen molar-refractivity contribution in [1.82, 2.24) is 5.32 Å². The maximum absolute atomic E-state index is 12.3. The monoisotopic (exact) mass is 317 g/mol. The molecule has 1 fully saturated rings. The van der Waals surface area contributed by atoms with E-state index in [4.69, 9.17) is 0 Å². The summed E-state index contributed by atoms with van der Waals surface area (Å²) in [7, 11) is -3.52. The van der Waals surface area contributed by atoms with Crippen LogP contribution in [0.3, 0.4) is 0 Å². The molecule has 1 heterocycles. The van der Waals surface area contributed by atoms with Crippen LogP contribution in [0.1, 0.15) is 0 Å². The third-order valence-electron chi connectivity index (χ3n) is 3.66. The van der Waals surface area contributed by atoms with E-state index in [0.29, 0.717) is 5.69 Å². The Balaban J connectivity index is 1.73. The average molecular weight is 317 g/mol. The molecule has 2 N–H and O–H groups in total. The second-order valence-corrected chi connectivity index (χ2v) is 6.88. The molecule has 0 aromatic heterocycles. The van der Waals surface area contributed by atoms with Crippen molar-refractivity contribution in [2.24, 2.45) is 0 Å². The van der Waals surface area contributed by atoms with Gasteiger partial charge in [0.25, 0.3) is 10.0 Å². The first-order valence-electron chi connectivity index (χ1n) is 7.29. The molecule has 1 aliphatic rings. The molecule has 6 heteroatoms. The lowest BCUT2D eigenvalue weighted by atomic mass is 10.2. The topological polar surface area (TPSA) is 61.4 Å². The number of hydrogen-bond acceptors (Lipinski definition) is 4. The lowest BCUT2D eigenvalue weighted by Gasteiger charge is -2.29. The summed E-state index contributed by atoms with van der Waals surface area (Å²) in [6, 6.07) is 15.9. The molecular formula is C16H19N3O2S. The van der Waals surface area contributed by atoms with Crippen LogP contribution in [0.4, 0.5) is 11.4 Å². The number of nitrogens with zero attached hydrogens (tertiary/aromatic N) is 1. The highest BCUT2D eigenvalue weighted by molar-refractivity contribution is 7.92. The minimum atomic E-state index is -3.52. The van der Waals surface area contributed by atoms with E-state index in [2.05, 4.69) is 14.9 Å². The summed E-state index contributed by atoms with van der Waals surface area (Å²) in [6.07, 6.45) is 0. The summed E-state index contributed by atoms with van der Waals surface area (Å²) in [5.74, 6) is 0. The van der Waals surface area contributed by atoms with Crippen LogP contribution in [-0.4, -0.2) is 34.6 Å². The van der Waals surface area contributed by atoms with E-state index in [1.165, 1.54) is 0 Å². The van der Waals surface area contributed by atoms with Crippen LogP contribution in [-0.2, 0) is 10.0 Å². The van der Waals surface area contributed by atoms with Crippen molar-refractivity contribution >= 4 is 21.4 Å². The number of nitrogens with one attached hydrogen (secondary N) is 2. The maximum Gasteiger partial charge on any atom is 0.261 e. The number of rotatable bonds is 4. The van der Waals surface area contributed by atoms with Crippen LogP contribution >= 0.6 is 0 Å². The van der Waals surface area contributed by atoms with Gasteiger partial charge in [0, 0.05) is 37.6 Å². The Morgan fingerprint density at radius 3 is 2.18 bits per heavy atom. The summed E-state index contributed by atoms with van der Waals surface area (Å²) in [5, 5.41) is 3.31. The van der Waals surface area contributed by atoms with Gasteiger partial charge in [-0.25, -0.2) is 8.42 Å². The van der Waals surface area contributed by atoms with Crippen molar-refractivity contribution in [2.45, 2.75) is 4.90 Å². The number of benzene rings is 2. The third kappa shape index (κ3) is 3.40. The molecule has 1 aliphatic heterocycles. The lowest BCUT2D eigenvalue weighted by Crippen LogP contribution is -2.43. The molecule has 0 aliphatic carbocycles. The van der Waals surface area contributed by atoms with E-state index >= 15 is 0 Å². The van der Waals surface area contributed by atoms with E-state index in [0.717, 1.165) is 31.9 Å². The standard InChI is InChI=1S/C16H19N3O2S/c20-22(21,16-4-2-1-3-5-16)18-14-6-8-15(9-7-14)19-12-10-17-11-13-19/h1-9,17-18H,10-13H2. The van der Waals surface area contributed by atoms with Crippen LogP contribution in [0.2, 0.25) is 0 Å². The Morgan fingerprint density at radius 1 is 0.909 bits per heavy atom. The van der Waals surface area contributed by atoms with Crippen molar-refractivity contribution in [3.05, 3.63) is 54.6 Å². The third-order valence-corrected chi connectivity index (χ3v) is 5.05. The Kier molecular flexibility index (Phi) is 4.31. The van der Waals surface area contributed by atoms with Gasteiger partial charge in [0.2, 0.25) is 0 Å². The fourth-order valence-electron chi connectivity index (χ4n) is 2.48. The average Bonchev–Trinajstić information content (AvgIpc) is 2.57. The van der Waals surface area contributed by atoms with E-state index in [1.807, 2.05) is 12.1 Å².